The monoisotopic (exact) mass is 496 g/mol. The Morgan fingerprint density at radius 1 is 1.12 bits per heavy atom. The molecule has 34 heavy (non-hydrogen) atoms. The van der Waals surface area contributed by atoms with Crippen molar-refractivity contribution >= 4 is 28.0 Å². The molecule has 3 N–H and O–H groups in total. The van der Waals surface area contributed by atoms with Gasteiger partial charge in [0.15, 0.2) is 0 Å². The number of nitrogens with one attached hydrogen (secondary N) is 2. The molecule has 2 aromatic rings. The molecule has 186 valence electrons. The Morgan fingerprint density at radius 3 is 2.41 bits per heavy atom. The maximum Gasteiger partial charge on any atom is 0.290 e. The summed E-state index contributed by atoms with van der Waals surface area (Å²) in [5.41, 5.74) is 1.48. The number of hydrogen-bond donors (Lipinski definition) is 3. The van der Waals surface area contributed by atoms with Crippen LogP contribution in [0.4, 0.5) is 20.3 Å². The zero-order valence-corrected chi connectivity index (χ0v) is 20.0. The smallest absolute Gasteiger partial charge is 0.290 e. The topological polar surface area (TPSA) is 112 Å². The minimum absolute atomic E-state index is 0.178. The van der Waals surface area contributed by atoms with Gasteiger partial charge in [0, 0.05) is 17.8 Å². The molecule has 2 aliphatic rings. The predicted molar refractivity (Wildman–Crippen MR) is 125 cm³/mol. The van der Waals surface area contributed by atoms with E-state index in [0.29, 0.717) is 11.7 Å². The first kappa shape index (κ1) is 25.8. The van der Waals surface area contributed by atoms with Gasteiger partial charge in [0.05, 0.1) is 0 Å². The molecule has 0 saturated heterocycles. The Morgan fingerprint density at radius 2 is 1.79 bits per heavy atom. The number of sulfonamides is 1. The zero-order chi connectivity index (χ0) is 24.9. The summed E-state index contributed by atoms with van der Waals surface area (Å²) >= 11 is 0. The van der Waals surface area contributed by atoms with Crippen molar-refractivity contribution in [1.82, 2.24) is 9.88 Å². The third-order valence-corrected chi connectivity index (χ3v) is 7.47. The molecule has 0 aliphatic heterocycles. The lowest BCUT2D eigenvalue weighted by Gasteiger charge is -2.37. The Bertz CT molecular complexity index is 1110. The number of nitrogens with zero attached hydrogens (tertiary/aromatic N) is 2. The highest BCUT2D eigenvalue weighted by molar-refractivity contribution is 7.92. The number of carboxylic acid groups (broad SMARTS) is 1. The highest BCUT2D eigenvalue weighted by Gasteiger charge is 2.33. The molecular formula is C23H30F2N4O4S. The summed E-state index contributed by atoms with van der Waals surface area (Å²) in [5.74, 6) is -1.63. The second-order valence-electron chi connectivity index (χ2n) is 8.77. The first-order valence-corrected chi connectivity index (χ1v) is 12.6. The molecule has 4 rings (SSSR count). The highest BCUT2D eigenvalue weighted by atomic mass is 32.2. The quantitative estimate of drug-likeness (QED) is 0.392. The van der Waals surface area contributed by atoms with Crippen molar-refractivity contribution in [2.45, 2.75) is 61.4 Å². The van der Waals surface area contributed by atoms with Gasteiger partial charge in [-0.15, -0.1) is 0 Å². The van der Waals surface area contributed by atoms with Crippen LogP contribution in [-0.4, -0.2) is 56.1 Å². The van der Waals surface area contributed by atoms with Crippen molar-refractivity contribution < 1.29 is 27.1 Å². The van der Waals surface area contributed by atoms with Crippen LogP contribution in [0.5, 0.6) is 0 Å². The van der Waals surface area contributed by atoms with Crippen LogP contribution in [0.15, 0.2) is 35.2 Å². The maximum atomic E-state index is 15.0. The molecule has 1 heterocycles. The molecule has 2 aliphatic carbocycles. The van der Waals surface area contributed by atoms with Gasteiger partial charge in [0.2, 0.25) is 5.95 Å². The van der Waals surface area contributed by atoms with E-state index < -0.39 is 26.7 Å². The lowest BCUT2D eigenvalue weighted by molar-refractivity contribution is -0.122. The highest BCUT2D eigenvalue weighted by Crippen LogP contribution is 2.45. The van der Waals surface area contributed by atoms with E-state index in [2.05, 4.69) is 34.0 Å². The summed E-state index contributed by atoms with van der Waals surface area (Å²) in [5, 5.41) is 10.4. The average Bonchev–Trinajstić information content (AvgIpc) is 3.59. The molecule has 1 aromatic heterocycles. The summed E-state index contributed by atoms with van der Waals surface area (Å²) in [6.07, 6.45) is 6.23. The lowest BCUT2D eigenvalue weighted by Crippen LogP contribution is -2.45. The van der Waals surface area contributed by atoms with Crippen LogP contribution in [-0.2, 0) is 14.8 Å². The third kappa shape index (κ3) is 6.41. The molecule has 8 nitrogen and oxygen atoms in total. The number of carbonyl (C=O) groups is 1. The number of rotatable bonds is 7. The zero-order valence-electron chi connectivity index (χ0n) is 19.2. The third-order valence-electron chi connectivity index (χ3n) is 6.10. The van der Waals surface area contributed by atoms with Crippen molar-refractivity contribution in [3.63, 3.8) is 0 Å². The van der Waals surface area contributed by atoms with Gasteiger partial charge in [-0.1, -0.05) is 18.9 Å². The van der Waals surface area contributed by atoms with E-state index in [4.69, 9.17) is 9.90 Å². The molecule has 0 spiro atoms. The molecule has 2 atom stereocenters. The number of hydrogen-bond acceptors (Lipinski definition) is 6. The molecule has 0 unspecified atom stereocenters. The summed E-state index contributed by atoms with van der Waals surface area (Å²) in [7, 11) is -0.152. The van der Waals surface area contributed by atoms with Crippen LogP contribution in [0.25, 0.3) is 0 Å². The molecule has 1 aromatic carbocycles. The van der Waals surface area contributed by atoms with Crippen molar-refractivity contribution in [2.75, 3.05) is 24.1 Å². The van der Waals surface area contributed by atoms with Gasteiger partial charge in [-0.05, 0) is 75.5 Å². The molecule has 2 saturated carbocycles. The van der Waals surface area contributed by atoms with Crippen molar-refractivity contribution in [3.8, 4) is 0 Å². The summed E-state index contributed by atoms with van der Waals surface area (Å²) in [6.45, 7) is -0.250. The Labute approximate surface area is 198 Å². The molecule has 0 amide bonds. The minimum Gasteiger partial charge on any atom is -0.483 e. The molecule has 2 fully saturated rings. The van der Waals surface area contributed by atoms with Gasteiger partial charge in [-0.3, -0.25) is 9.52 Å². The number of aromatic nitrogens is 1. The normalized spacial score (nSPS) is 20.3. The summed E-state index contributed by atoms with van der Waals surface area (Å²) < 4.78 is 56.2. The Hall–Kier alpha value is -2.79. The largest absolute Gasteiger partial charge is 0.483 e. The Balaban J connectivity index is 0.00000103. The van der Waals surface area contributed by atoms with E-state index in [1.54, 1.807) is 0 Å². The van der Waals surface area contributed by atoms with E-state index in [0.717, 1.165) is 43.7 Å². The van der Waals surface area contributed by atoms with E-state index >= 15 is 4.39 Å². The fraction of sp³-hybridized carbons (Fsp3) is 0.478. The SMILES string of the molecule is CN(C)[C@H]1CCCC[C@@H]1Nc1cc(F)c(S(=O)(=O)Nc2cccc(F)n2)cc1C1CC1.O=CO. The van der Waals surface area contributed by atoms with Crippen molar-refractivity contribution in [3.05, 3.63) is 47.7 Å². The fourth-order valence-electron chi connectivity index (χ4n) is 4.39. The van der Waals surface area contributed by atoms with Gasteiger partial charge in [-0.25, -0.2) is 17.8 Å². The molecule has 11 heteroatoms. The van der Waals surface area contributed by atoms with Crippen LogP contribution in [0.1, 0.15) is 50.0 Å². The maximum absolute atomic E-state index is 15.0. The number of benzene rings is 1. The fourth-order valence-corrected chi connectivity index (χ4v) is 5.48. The van der Waals surface area contributed by atoms with Gasteiger partial charge >= 0.3 is 0 Å². The number of likely N-dealkylation sites (N-methyl/N-ethyl adjacent to an activating group) is 1. The first-order chi connectivity index (χ1) is 16.2. The van der Waals surface area contributed by atoms with Crippen LogP contribution in [0.3, 0.4) is 0 Å². The standard InChI is InChI=1S/C22H28F2N4O2S.CH2O2/c1-28(2)19-7-4-3-6-17(19)25-18-13-16(23)20(12-15(18)14-10-11-14)31(29,30)27-22-9-5-8-21(24)26-22;2-1-3/h5,8-9,12-14,17,19,25H,3-4,6-7,10-11H2,1-2H3,(H,26,27);1H,(H,2,3)/t17-,19-;/m0./s1. The molecule has 0 bridgehead atoms. The van der Waals surface area contributed by atoms with Gasteiger partial charge in [0.1, 0.15) is 16.5 Å². The van der Waals surface area contributed by atoms with E-state index in [1.807, 2.05) is 0 Å². The van der Waals surface area contributed by atoms with Crippen LogP contribution < -0.4 is 10.0 Å². The Kier molecular flexibility index (Phi) is 8.42. The van der Waals surface area contributed by atoms with Gasteiger partial charge in [-0.2, -0.15) is 4.39 Å². The number of anilines is 2. The van der Waals surface area contributed by atoms with Crippen LogP contribution in [0.2, 0.25) is 0 Å². The van der Waals surface area contributed by atoms with E-state index in [-0.39, 0.29) is 24.2 Å². The van der Waals surface area contributed by atoms with Crippen LogP contribution in [0, 0.1) is 11.8 Å². The van der Waals surface area contributed by atoms with E-state index in [9.17, 15) is 12.8 Å². The predicted octanol–water partition coefficient (Wildman–Crippen LogP) is 4.02. The second kappa shape index (κ2) is 11.1. The summed E-state index contributed by atoms with van der Waals surface area (Å²) in [4.78, 5) is 13.6. The second-order valence-corrected chi connectivity index (χ2v) is 10.4. The van der Waals surface area contributed by atoms with Crippen molar-refractivity contribution in [1.29, 1.82) is 0 Å². The first-order valence-electron chi connectivity index (χ1n) is 11.2. The lowest BCUT2D eigenvalue weighted by atomic mass is 9.89. The molecular weight excluding hydrogens is 466 g/mol. The van der Waals surface area contributed by atoms with Crippen molar-refractivity contribution in [2.24, 2.45) is 0 Å². The average molecular weight is 497 g/mol. The van der Waals surface area contributed by atoms with Gasteiger partial charge < -0.3 is 15.3 Å². The molecule has 0 radical (unpaired) electrons. The van der Waals surface area contributed by atoms with Crippen LogP contribution >= 0.6 is 0 Å². The number of pyridine rings is 1. The summed E-state index contributed by atoms with van der Waals surface area (Å²) in [6, 6.07) is 7.00. The minimum atomic E-state index is -4.25. The van der Waals surface area contributed by atoms with Gasteiger partial charge in [0.25, 0.3) is 16.5 Å². The van der Waals surface area contributed by atoms with E-state index in [1.165, 1.54) is 30.7 Å². The number of halogens is 2.